The number of carbonyl (C=O) groups excluding carboxylic acids is 1. The third-order valence-corrected chi connectivity index (χ3v) is 4.00. The van der Waals surface area contributed by atoms with Crippen LogP contribution in [0, 0.1) is 16.0 Å². The van der Waals surface area contributed by atoms with E-state index < -0.39 is 10.8 Å². The fourth-order valence-electron chi connectivity index (χ4n) is 2.71. The predicted molar refractivity (Wildman–Crippen MR) is 94.2 cm³/mol. The largest absolute Gasteiger partial charge is 0.342 e. The van der Waals surface area contributed by atoms with Crippen LogP contribution in [0.1, 0.15) is 36.1 Å². The molecular formula is C18H18N4O3. The van der Waals surface area contributed by atoms with Crippen molar-refractivity contribution in [2.75, 3.05) is 0 Å². The van der Waals surface area contributed by atoms with Crippen molar-refractivity contribution in [3.05, 3.63) is 70.0 Å². The molecule has 2 N–H and O–H groups in total. The lowest BCUT2D eigenvalue weighted by Crippen LogP contribution is -2.32. The van der Waals surface area contributed by atoms with Gasteiger partial charge in [-0.15, -0.1) is 0 Å². The van der Waals surface area contributed by atoms with Gasteiger partial charge in [0, 0.05) is 6.07 Å². The van der Waals surface area contributed by atoms with Gasteiger partial charge in [-0.25, -0.2) is 4.98 Å². The number of aromatic amines is 1. The Morgan fingerprint density at radius 3 is 2.52 bits per heavy atom. The van der Waals surface area contributed by atoms with E-state index in [9.17, 15) is 14.9 Å². The first-order valence-corrected chi connectivity index (χ1v) is 7.96. The normalized spacial score (nSPS) is 12.3. The lowest BCUT2D eigenvalue weighted by Gasteiger charge is -2.20. The van der Waals surface area contributed by atoms with E-state index in [1.807, 2.05) is 38.1 Å². The van der Waals surface area contributed by atoms with Crippen LogP contribution < -0.4 is 5.32 Å². The van der Waals surface area contributed by atoms with Crippen molar-refractivity contribution in [3.63, 3.8) is 0 Å². The number of nitrogens with zero attached hydrogens (tertiary/aromatic N) is 2. The van der Waals surface area contributed by atoms with Crippen molar-refractivity contribution < 1.29 is 9.72 Å². The molecule has 1 atom stereocenters. The monoisotopic (exact) mass is 338 g/mol. The molecule has 0 bridgehead atoms. The van der Waals surface area contributed by atoms with E-state index in [-0.39, 0.29) is 23.2 Å². The molecule has 0 aliphatic heterocycles. The third-order valence-electron chi connectivity index (χ3n) is 4.00. The van der Waals surface area contributed by atoms with Gasteiger partial charge in [0.05, 0.1) is 22.0 Å². The Hall–Kier alpha value is -3.22. The number of nitro benzene ring substituents is 1. The van der Waals surface area contributed by atoms with E-state index in [1.54, 1.807) is 6.07 Å². The highest BCUT2D eigenvalue weighted by molar-refractivity contribution is 5.98. The summed E-state index contributed by atoms with van der Waals surface area (Å²) < 4.78 is 0. The highest BCUT2D eigenvalue weighted by Gasteiger charge is 2.26. The number of para-hydroxylation sites is 3. The molecule has 3 rings (SSSR count). The third kappa shape index (κ3) is 3.35. The summed E-state index contributed by atoms with van der Waals surface area (Å²) in [6.45, 7) is 3.91. The summed E-state index contributed by atoms with van der Waals surface area (Å²) in [5, 5.41) is 14.0. The first-order valence-electron chi connectivity index (χ1n) is 7.96. The molecule has 0 spiro atoms. The molecular weight excluding hydrogens is 320 g/mol. The van der Waals surface area contributed by atoms with Gasteiger partial charge in [0.15, 0.2) is 0 Å². The molecule has 1 amide bonds. The van der Waals surface area contributed by atoms with Gasteiger partial charge in [0.1, 0.15) is 11.4 Å². The average molecular weight is 338 g/mol. The maximum Gasteiger partial charge on any atom is 0.282 e. The number of H-pyrrole nitrogens is 1. The van der Waals surface area contributed by atoms with Gasteiger partial charge >= 0.3 is 0 Å². The molecule has 0 aliphatic rings. The summed E-state index contributed by atoms with van der Waals surface area (Å²) in [5.74, 6) is 0.182. The number of imidazole rings is 1. The van der Waals surface area contributed by atoms with E-state index in [2.05, 4.69) is 15.3 Å². The van der Waals surface area contributed by atoms with Crippen LogP contribution in [0.25, 0.3) is 11.0 Å². The minimum atomic E-state index is -0.555. The molecule has 3 aromatic rings. The quantitative estimate of drug-likeness (QED) is 0.548. The number of fused-ring (bicyclic) bond motifs is 1. The van der Waals surface area contributed by atoms with Gasteiger partial charge < -0.3 is 10.3 Å². The van der Waals surface area contributed by atoms with Crippen molar-refractivity contribution >= 4 is 22.6 Å². The van der Waals surface area contributed by atoms with Crippen LogP contribution in [0.5, 0.6) is 0 Å². The first kappa shape index (κ1) is 16.6. The summed E-state index contributed by atoms with van der Waals surface area (Å²) >= 11 is 0. The Morgan fingerprint density at radius 1 is 1.16 bits per heavy atom. The molecule has 1 heterocycles. The Balaban J connectivity index is 1.92. The summed E-state index contributed by atoms with van der Waals surface area (Å²) in [4.78, 5) is 30.9. The zero-order chi connectivity index (χ0) is 18.0. The SMILES string of the molecule is CC(C)[C@@H](NC(=O)c1ccccc1[N+](=O)[O-])c1nc2ccccc2[nH]1. The number of nitrogens with one attached hydrogen (secondary N) is 2. The maximum atomic E-state index is 12.6. The van der Waals surface area contributed by atoms with E-state index in [0.29, 0.717) is 5.82 Å². The van der Waals surface area contributed by atoms with Crippen molar-refractivity contribution in [3.8, 4) is 0 Å². The fraction of sp³-hybridized carbons (Fsp3) is 0.222. The summed E-state index contributed by atoms with van der Waals surface area (Å²) in [6, 6.07) is 13.1. The van der Waals surface area contributed by atoms with Crippen LogP contribution >= 0.6 is 0 Å². The second-order valence-corrected chi connectivity index (χ2v) is 6.11. The summed E-state index contributed by atoms with van der Waals surface area (Å²) in [7, 11) is 0. The zero-order valence-corrected chi connectivity index (χ0v) is 13.9. The lowest BCUT2D eigenvalue weighted by atomic mass is 10.0. The van der Waals surface area contributed by atoms with Gasteiger partial charge in [0.2, 0.25) is 0 Å². The predicted octanol–water partition coefficient (Wildman–Crippen LogP) is 3.60. The van der Waals surface area contributed by atoms with Crippen molar-refractivity contribution in [1.82, 2.24) is 15.3 Å². The molecule has 25 heavy (non-hydrogen) atoms. The number of hydrogen-bond acceptors (Lipinski definition) is 4. The molecule has 0 aliphatic carbocycles. The second-order valence-electron chi connectivity index (χ2n) is 6.11. The van der Waals surface area contributed by atoms with Gasteiger partial charge in [-0.2, -0.15) is 0 Å². The molecule has 2 aromatic carbocycles. The fourth-order valence-corrected chi connectivity index (χ4v) is 2.71. The number of aromatic nitrogens is 2. The first-order chi connectivity index (χ1) is 12.0. The van der Waals surface area contributed by atoms with Crippen molar-refractivity contribution in [2.24, 2.45) is 5.92 Å². The average Bonchev–Trinajstić information content (AvgIpc) is 3.02. The standard InChI is InChI=1S/C18H18N4O3/c1-11(2)16(17-19-13-8-4-5-9-14(13)20-17)21-18(23)12-7-3-6-10-15(12)22(24)25/h3-11,16H,1-2H3,(H,19,20)(H,21,23)/t16-/m1/s1. The van der Waals surface area contributed by atoms with Crippen LogP contribution in [-0.4, -0.2) is 20.8 Å². The summed E-state index contributed by atoms with van der Waals surface area (Å²) in [6.07, 6.45) is 0. The van der Waals surface area contributed by atoms with Gasteiger partial charge in [-0.3, -0.25) is 14.9 Å². The summed E-state index contributed by atoms with van der Waals surface area (Å²) in [5.41, 5.74) is 1.51. The van der Waals surface area contributed by atoms with Crippen molar-refractivity contribution in [1.29, 1.82) is 0 Å². The molecule has 1 aromatic heterocycles. The maximum absolute atomic E-state index is 12.6. The molecule has 0 unspecified atom stereocenters. The number of carbonyl (C=O) groups is 1. The number of benzene rings is 2. The molecule has 0 radical (unpaired) electrons. The molecule has 128 valence electrons. The van der Waals surface area contributed by atoms with E-state index in [1.165, 1.54) is 18.2 Å². The van der Waals surface area contributed by atoms with Gasteiger partial charge in [0.25, 0.3) is 11.6 Å². The Kier molecular flexibility index (Phi) is 4.47. The van der Waals surface area contributed by atoms with E-state index >= 15 is 0 Å². The minimum Gasteiger partial charge on any atom is -0.342 e. The Morgan fingerprint density at radius 2 is 1.84 bits per heavy atom. The highest BCUT2D eigenvalue weighted by atomic mass is 16.6. The lowest BCUT2D eigenvalue weighted by molar-refractivity contribution is -0.385. The second kappa shape index (κ2) is 6.72. The highest BCUT2D eigenvalue weighted by Crippen LogP contribution is 2.24. The van der Waals surface area contributed by atoms with E-state index in [0.717, 1.165) is 11.0 Å². The van der Waals surface area contributed by atoms with Gasteiger partial charge in [-0.1, -0.05) is 38.1 Å². The Labute approximate surface area is 144 Å². The molecule has 0 saturated carbocycles. The molecule has 0 saturated heterocycles. The minimum absolute atomic E-state index is 0.0364. The zero-order valence-electron chi connectivity index (χ0n) is 13.9. The van der Waals surface area contributed by atoms with Crippen LogP contribution in [0.4, 0.5) is 5.69 Å². The number of amides is 1. The topological polar surface area (TPSA) is 101 Å². The smallest absolute Gasteiger partial charge is 0.282 e. The number of rotatable bonds is 5. The van der Waals surface area contributed by atoms with E-state index in [4.69, 9.17) is 0 Å². The van der Waals surface area contributed by atoms with Crippen LogP contribution in [0.2, 0.25) is 0 Å². The Bertz CT molecular complexity index is 900. The molecule has 7 heteroatoms. The van der Waals surface area contributed by atoms with Crippen LogP contribution in [-0.2, 0) is 0 Å². The van der Waals surface area contributed by atoms with Crippen LogP contribution in [0.3, 0.4) is 0 Å². The molecule has 0 fully saturated rings. The van der Waals surface area contributed by atoms with Crippen molar-refractivity contribution in [2.45, 2.75) is 19.9 Å². The molecule has 7 nitrogen and oxygen atoms in total. The van der Waals surface area contributed by atoms with Gasteiger partial charge in [-0.05, 0) is 24.1 Å². The van der Waals surface area contributed by atoms with Crippen LogP contribution in [0.15, 0.2) is 48.5 Å². The number of hydrogen-bond donors (Lipinski definition) is 2. The number of nitro groups is 1.